The molecule has 0 saturated heterocycles. The Morgan fingerprint density at radius 2 is 1.85 bits per heavy atom. The van der Waals surface area contributed by atoms with Gasteiger partial charge in [-0.1, -0.05) is 23.4 Å². The van der Waals surface area contributed by atoms with Gasteiger partial charge in [0, 0.05) is 17.3 Å². The van der Waals surface area contributed by atoms with Gasteiger partial charge in [-0.05, 0) is 30.3 Å². The first kappa shape index (κ1) is 10.9. The van der Waals surface area contributed by atoms with Crippen molar-refractivity contribution >= 4 is 27.6 Å². The molecule has 0 radical (unpaired) electrons. The number of fused-ring (bicyclic) bond motifs is 2. The second-order valence-corrected chi connectivity index (χ2v) is 4.60. The van der Waals surface area contributed by atoms with Crippen LogP contribution in [0.15, 0.2) is 54.7 Å². The largest absolute Gasteiger partial charge is 0.399 e. The number of para-hydroxylation sites is 1. The molecule has 5 nitrogen and oxygen atoms in total. The number of anilines is 1. The van der Waals surface area contributed by atoms with Crippen molar-refractivity contribution in [2.24, 2.45) is 0 Å². The molecule has 0 saturated carbocycles. The minimum atomic E-state index is 0.684. The zero-order chi connectivity index (χ0) is 13.5. The van der Waals surface area contributed by atoms with Crippen molar-refractivity contribution < 1.29 is 0 Å². The molecule has 0 aliphatic rings. The maximum Gasteiger partial charge on any atom is 0.115 e. The van der Waals surface area contributed by atoms with Crippen LogP contribution < -0.4 is 5.73 Å². The van der Waals surface area contributed by atoms with Crippen molar-refractivity contribution in [2.75, 3.05) is 5.73 Å². The lowest BCUT2D eigenvalue weighted by molar-refractivity contribution is 0.828. The Morgan fingerprint density at radius 1 is 0.950 bits per heavy atom. The summed E-state index contributed by atoms with van der Waals surface area (Å²) in [6.07, 6.45) is 1.78. The first-order valence-corrected chi connectivity index (χ1v) is 6.28. The van der Waals surface area contributed by atoms with Gasteiger partial charge in [-0.3, -0.25) is 4.98 Å². The number of rotatable bonds is 1. The van der Waals surface area contributed by atoms with Crippen LogP contribution in [0.5, 0.6) is 0 Å². The lowest BCUT2D eigenvalue weighted by Crippen LogP contribution is -1.98. The maximum absolute atomic E-state index is 5.78. The zero-order valence-electron chi connectivity index (χ0n) is 10.6. The van der Waals surface area contributed by atoms with Crippen molar-refractivity contribution in [1.82, 2.24) is 20.0 Å². The van der Waals surface area contributed by atoms with Crippen molar-refractivity contribution in [3.8, 4) is 5.69 Å². The molecule has 96 valence electrons. The van der Waals surface area contributed by atoms with Crippen LogP contribution in [0.4, 0.5) is 5.69 Å². The van der Waals surface area contributed by atoms with Gasteiger partial charge in [-0.25, -0.2) is 4.68 Å². The van der Waals surface area contributed by atoms with E-state index >= 15 is 0 Å². The molecule has 20 heavy (non-hydrogen) atoms. The number of hydrogen-bond donors (Lipinski definition) is 1. The predicted octanol–water partition coefficient (Wildman–Crippen LogP) is 2.55. The van der Waals surface area contributed by atoms with Gasteiger partial charge in [0.15, 0.2) is 0 Å². The van der Waals surface area contributed by atoms with E-state index in [0.29, 0.717) is 5.69 Å². The van der Waals surface area contributed by atoms with E-state index in [2.05, 4.69) is 15.3 Å². The molecular formula is C15H11N5. The van der Waals surface area contributed by atoms with Crippen molar-refractivity contribution in [1.29, 1.82) is 0 Å². The highest BCUT2D eigenvalue weighted by molar-refractivity contribution is 5.89. The standard InChI is InChI=1S/C15H11N5/c16-10-5-6-15-13(9-10)18-19-20(15)14-7-8-17-12-4-2-1-3-11(12)14/h1-9H,16H2. The van der Waals surface area contributed by atoms with Crippen LogP contribution >= 0.6 is 0 Å². The highest BCUT2D eigenvalue weighted by Crippen LogP contribution is 2.23. The molecule has 5 heteroatoms. The van der Waals surface area contributed by atoms with Gasteiger partial charge in [0.05, 0.1) is 16.7 Å². The Balaban J connectivity index is 2.06. The monoisotopic (exact) mass is 261 g/mol. The molecule has 0 amide bonds. The van der Waals surface area contributed by atoms with Gasteiger partial charge in [-0.2, -0.15) is 0 Å². The Hall–Kier alpha value is -2.95. The van der Waals surface area contributed by atoms with Gasteiger partial charge in [-0.15, -0.1) is 5.10 Å². The SMILES string of the molecule is Nc1ccc2c(c1)nnn2-c1ccnc2ccccc12. The summed E-state index contributed by atoms with van der Waals surface area (Å²) < 4.78 is 1.82. The van der Waals surface area contributed by atoms with E-state index in [9.17, 15) is 0 Å². The molecule has 0 aliphatic heterocycles. The van der Waals surface area contributed by atoms with Crippen molar-refractivity contribution in [3.63, 3.8) is 0 Å². The van der Waals surface area contributed by atoms with Crippen LogP contribution in [0.2, 0.25) is 0 Å². The van der Waals surface area contributed by atoms with Crippen LogP contribution in [0.1, 0.15) is 0 Å². The molecule has 0 unspecified atom stereocenters. The van der Waals surface area contributed by atoms with Crippen LogP contribution in [-0.2, 0) is 0 Å². The number of hydrogen-bond acceptors (Lipinski definition) is 4. The third kappa shape index (κ3) is 1.53. The summed E-state index contributed by atoms with van der Waals surface area (Å²) in [5.41, 5.74) is 10.1. The van der Waals surface area contributed by atoms with Crippen molar-refractivity contribution in [2.45, 2.75) is 0 Å². The second kappa shape index (κ2) is 4.03. The quantitative estimate of drug-likeness (QED) is 0.534. The smallest absolute Gasteiger partial charge is 0.115 e. The fourth-order valence-corrected chi connectivity index (χ4v) is 2.38. The van der Waals surface area contributed by atoms with Gasteiger partial charge in [0.25, 0.3) is 0 Å². The molecule has 2 N–H and O–H groups in total. The van der Waals surface area contributed by atoms with Gasteiger partial charge >= 0.3 is 0 Å². The van der Waals surface area contributed by atoms with E-state index in [-0.39, 0.29) is 0 Å². The Labute approximate surface area is 114 Å². The molecule has 0 aliphatic carbocycles. The van der Waals surface area contributed by atoms with E-state index < -0.39 is 0 Å². The molecule has 2 aromatic heterocycles. The van der Waals surface area contributed by atoms with E-state index in [0.717, 1.165) is 27.6 Å². The van der Waals surface area contributed by atoms with Gasteiger partial charge < -0.3 is 5.73 Å². The molecule has 0 fully saturated rings. The first-order valence-electron chi connectivity index (χ1n) is 6.28. The lowest BCUT2D eigenvalue weighted by atomic mass is 10.2. The van der Waals surface area contributed by atoms with Crippen LogP contribution in [0.25, 0.3) is 27.6 Å². The number of nitrogen functional groups attached to an aromatic ring is 1. The third-order valence-corrected chi connectivity index (χ3v) is 3.32. The minimum Gasteiger partial charge on any atom is -0.399 e. The maximum atomic E-state index is 5.78. The second-order valence-electron chi connectivity index (χ2n) is 4.60. The fourth-order valence-electron chi connectivity index (χ4n) is 2.38. The summed E-state index contributed by atoms with van der Waals surface area (Å²) in [6, 6.07) is 15.5. The number of pyridine rings is 1. The summed E-state index contributed by atoms with van der Waals surface area (Å²) in [6.45, 7) is 0. The number of nitrogens with zero attached hydrogens (tertiary/aromatic N) is 4. The van der Waals surface area contributed by atoms with E-state index in [1.165, 1.54) is 0 Å². The topological polar surface area (TPSA) is 69.6 Å². The van der Waals surface area contributed by atoms with Crippen LogP contribution in [-0.4, -0.2) is 20.0 Å². The van der Waals surface area contributed by atoms with Crippen LogP contribution in [0.3, 0.4) is 0 Å². The molecule has 0 bridgehead atoms. The van der Waals surface area contributed by atoms with Gasteiger partial charge in [0.2, 0.25) is 0 Å². The molecule has 0 spiro atoms. The van der Waals surface area contributed by atoms with E-state index in [1.807, 2.05) is 53.2 Å². The first-order chi connectivity index (χ1) is 9.83. The molecule has 4 aromatic rings. The Bertz CT molecular complexity index is 921. The minimum absolute atomic E-state index is 0.684. The van der Waals surface area contributed by atoms with E-state index in [4.69, 9.17) is 5.73 Å². The molecule has 2 aromatic carbocycles. The Morgan fingerprint density at radius 3 is 2.80 bits per heavy atom. The summed E-state index contributed by atoms with van der Waals surface area (Å²) in [5, 5.41) is 9.46. The molecular weight excluding hydrogens is 250 g/mol. The molecule has 2 heterocycles. The van der Waals surface area contributed by atoms with Gasteiger partial charge in [0.1, 0.15) is 5.52 Å². The number of nitrogens with two attached hydrogens (primary N) is 1. The van der Waals surface area contributed by atoms with Crippen molar-refractivity contribution in [3.05, 3.63) is 54.7 Å². The molecule has 4 rings (SSSR count). The summed E-state index contributed by atoms with van der Waals surface area (Å²) in [4.78, 5) is 4.36. The summed E-state index contributed by atoms with van der Waals surface area (Å²) in [5.74, 6) is 0. The normalized spacial score (nSPS) is 11.2. The average Bonchev–Trinajstić information content (AvgIpc) is 2.89. The Kier molecular flexibility index (Phi) is 2.20. The average molecular weight is 261 g/mol. The summed E-state index contributed by atoms with van der Waals surface area (Å²) in [7, 11) is 0. The van der Waals surface area contributed by atoms with Crippen LogP contribution in [0, 0.1) is 0 Å². The lowest BCUT2D eigenvalue weighted by Gasteiger charge is -2.06. The van der Waals surface area contributed by atoms with E-state index in [1.54, 1.807) is 6.20 Å². The summed E-state index contributed by atoms with van der Waals surface area (Å²) >= 11 is 0. The number of benzene rings is 2. The highest BCUT2D eigenvalue weighted by atomic mass is 15.4. The highest BCUT2D eigenvalue weighted by Gasteiger charge is 2.09. The predicted molar refractivity (Wildman–Crippen MR) is 78.6 cm³/mol. The number of aromatic nitrogens is 4. The zero-order valence-corrected chi connectivity index (χ0v) is 10.6. The molecule has 0 atom stereocenters. The fraction of sp³-hybridized carbons (Fsp3) is 0. The third-order valence-electron chi connectivity index (χ3n) is 3.32.